The number of likely N-dealkylation sites (tertiary alicyclic amines) is 1. The smallest absolute Gasteiger partial charge is 0.163 e. The molecule has 1 aromatic carbocycles. The Hall–Kier alpha value is -1.26. The molecule has 0 radical (unpaired) electrons. The molecule has 112 valence electrons. The van der Waals surface area contributed by atoms with Crippen LogP contribution in [0.25, 0.3) is 0 Å². The lowest BCUT2D eigenvalue weighted by Gasteiger charge is -2.34. The zero-order chi connectivity index (χ0) is 14.5. The molecule has 1 saturated heterocycles. The first-order chi connectivity index (χ1) is 9.65. The highest BCUT2D eigenvalue weighted by Crippen LogP contribution is 2.34. The van der Waals surface area contributed by atoms with Crippen molar-refractivity contribution in [3.8, 4) is 11.5 Å². The third-order valence-electron chi connectivity index (χ3n) is 3.94. The summed E-state index contributed by atoms with van der Waals surface area (Å²) in [5, 5.41) is 10.2. The summed E-state index contributed by atoms with van der Waals surface area (Å²) in [6, 6.07) is 5.97. The van der Waals surface area contributed by atoms with Crippen LogP contribution in [0, 0.1) is 5.92 Å². The molecule has 1 aliphatic heterocycles. The number of hydrogen-bond donors (Lipinski definition) is 1. The van der Waals surface area contributed by atoms with Crippen molar-refractivity contribution in [2.45, 2.75) is 25.9 Å². The van der Waals surface area contributed by atoms with E-state index in [-0.39, 0.29) is 12.0 Å². The van der Waals surface area contributed by atoms with E-state index in [1.54, 1.807) is 7.11 Å². The molecule has 4 heteroatoms. The number of aliphatic hydroxyl groups excluding tert-OH is 1. The number of benzene rings is 1. The highest BCUT2D eigenvalue weighted by molar-refractivity contribution is 5.46. The van der Waals surface area contributed by atoms with Crippen molar-refractivity contribution in [2.24, 2.45) is 5.92 Å². The van der Waals surface area contributed by atoms with Crippen molar-refractivity contribution in [3.63, 3.8) is 0 Å². The van der Waals surface area contributed by atoms with Gasteiger partial charge in [0.1, 0.15) is 0 Å². The molecule has 2 unspecified atom stereocenters. The van der Waals surface area contributed by atoms with Gasteiger partial charge in [-0.15, -0.1) is 0 Å². The van der Waals surface area contributed by atoms with Crippen LogP contribution in [0.15, 0.2) is 18.2 Å². The highest BCUT2D eigenvalue weighted by Gasteiger charge is 2.27. The predicted molar refractivity (Wildman–Crippen MR) is 79.5 cm³/mol. The molecule has 0 aliphatic carbocycles. The third kappa shape index (κ3) is 3.44. The van der Waals surface area contributed by atoms with Gasteiger partial charge in [0.2, 0.25) is 0 Å². The van der Waals surface area contributed by atoms with Crippen LogP contribution in [-0.4, -0.2) is 50.0 Å². The van der Waals surface area contributed by atoms with Gasteiger partial charge in [0.15, 0.2) is 11.5 Å². The second-order valence-corrected chi connectivity index (χ2v) is 5.46. The number of methoxy groups -OCH3 is 1. The fraction of sp³-hybridized carbons (Fsp3) is 0.625. The molecule has 0 amide bonds. The van der Waals surface area contributed by atoms with Gasteiger partial charge in [-0.2, -0.15) is 0 Å². The lowest BCUT2D eigenvalue weighted by molar-refractivity contribution is 0.0363. The van der Waals surface area contributed by atoms with Crippen LogP contribution in [0.4, 0.5) is 0 Å². The molecule has 2 atom stereocenters. The van der Waals surface area contributed by atoms with Gasteiger partial charge in [-0.05, 0) is 38.4 Å². The molecule has 1 aliphatic rings. The minimum absolute atomic E-state index is 0.230. The molecule has 0 saturated carbocycles. The summed E-state index contributed by atoms with van der Waals surface area (Å²) in [6.07, 6.45) is 1.43. The lowest BCUT2D eigenvalue weighted by Crippen LogP contribution is -2.42. The zero-order valence-electron chi connectivity index (χ0n) is 12.6. The minimum Gasteiger partial charge on any atom is -0.493 e. The first-order valence-corrected chi connectivity index (χ1v) is 7.31. The van der Waals surface area contributed by atoms with Crippen molar-refractivity contribution in [3.05, 3.63) is 23.8 Å². The minimum atomic E-state index is -0.230. The Morgan fingerprint density at radius 2 is 2.20 bits per heavy atom. The Balaban J connectivity index is 2.17. The monoisotopic (exact) mass is 279 g/mol. The molecule has 20 heavy (non-hydrogen) atoms. The molecular formula is C16H25NO3. The zero-order valence-corrected chi connectivity index (χ0v) is 12.6. The van der Waals surface area contributed by atoms with Crippen LogP contribution in [0.5, 0.6) is 11.5 Å². The summed E-state index contributed by atoms with van der Waals surface area (Å²) in [5.74, 6) is 1.83. The van der Waals surface area contributed by atoms with Crippen LogP contribution in [0.2, 0.25) is 0 Å². The standard InChI is InChI=1S/C16H25NO3/c1-4-20-15-7-5-6-12(16(15)19-3)10-13-11-17(2)9-8-14(13)18/h5-7,13-14,18H,4,8-11H2,1-3H3. The fourth-order valence-electron chi connectivity index (χ4n) is 2.91. The second-order valence-electron chi connectivity index (χ2n) is 5.46. The van der Waals surface area contributed by atoms with Gasteiger partial charge in [0.25, 0.3) is 0 Å². The van der Waals surface area contributed by atoms with Gasteiger partial charge in [-0.25, -0.2) is 0 Å². The Morgan fingerprint density at radius 3 is 2.90 bits per heavy atom. The van der Waals surface area contributed by atoms with Crippen molar-refractivity contribution >= 4 is 0 Å². The Labute approximate surface area is 121 Å². The van der Waals surface area contributed by atoms with E-state index in [0.29, 0.717) is 6.61 Å². The van der Waals surface area contributed by atoms with Gasteiger partial charge < -0.3 is 19.5 Å². The quantitative estimate of drug-likeness (QED) is 0.894. The van der Waals surface area contributed by atoms with Crippen molar-refractivity contribution < 1.29 is 14.6 Å². The molecule has 1 aromatic rings. The van der Waals surface area contributed by atoms with Crippen molar-refractivity contribution in [2.75, 3.05) is 33.9 Å². The lowest BCUT2D eigenvalue weighted by atomic mass is 9.88. The van der Waals surface area contributed by atoms with Crippen LogP contribution in [-0.2, 0) is 6.42 Å². The molecule has 2 rings (SSSR count). The van der Waals surface area contributed by atoms with Crippen molar-refractivity contribution in [1.29, 1.82) is 0 Å². The van der Waals surface area contributed by atoms with Gasteiger partial charge in [0, 0.05) is 19.0 Å². The van der Waals surface area contributed by atoms with Crippen LogP contribution in [0.3, 0.4) is 0 Å². The number of rotatable bonds is 5. The van der Waals surface area contributed by atoms with Crippen molar-refractivity contribution in [1.82, 2.24) is 4.90 Å². The Morgan fingerprint density at radius 1 is 1.40 bits per heavy atom. The SMILES string of the molecule is CCOc1cccc(CC2CN(C)CCC2O)c1OC. The molecule has 0 spiro atoms. The summed E-state index contributed by atoms with van der Waals surface area (Å²) in [5.41, 5.74) is 1.11. The highest BCUT2D eigenvalue weighted by atomic mass is 16.5. The predicted octanol–water partition coefficient (Wildman–Crippen LogP) is 1.95. The molecule has 1 N–H and O–H groups in total. The van der Waals surface area contributed by atoms with Gasteiger partial charge in [-0.3, -0.25) is 0 Å². The molecule has 1 heterocycles. The van der Waals surface area contributed by atoms with E-state index in [2.05, 4.69) is 18.0 Å². The fourth-order valence-corrected chi connectivity index (χ4v) is 2.91. The number of aliphatic hydroxyl groups is 1. The summed E-state index contributed by atoms with van der Waals surface area (Å²) in [7, 11) is 3.78. The van der Waals surface area contributed by atoms with Gasteiger partial charge >= 0.3 is 0 Å². The van der Waals surface area contributed by atoms with E-state index in [4.69, 9.17) is 9.47 Å². The molecule has 4 nitrogen and oxygen atoms in total. The third-order valence-corrected chi connectivity index (χ3v) is 3.94. The van der Waals surface area contributed by atoms with Gasteiger partial charge in [0.05, 0.1) is 19.8 Å². The second kappa shape index (κ2) is 6.95. The maximum atomic E-state index is 10.2. The summed E-state index contributed by atoms with van der Waals surface area (Å²) in [4.78, 5) is 2.27. The Kier molecular flexibility index (Phi) is 5.26. The van der Waals surface area contributed by atoms with E-state index in [0.717, 1.165) is 43.0 Å². The first-order valence-electron chi connectivity index (χ1n) is 7.31. The van der Waals surface area contributed by atoms with Crippen LogP contribution in [0.1, 0.15) is 18.9 Å². The maximum Gasteiger partial charge on any atom is 0.163 e. The molecule has 0 aromatic heterocycles. The van der Waals surface area contributed by atoms with Crippen LogP contribution < -0.4 is 9.47 Å². The van der Waals surface area contributed by atoms with E-state index in [9.17, 15) is 5.11 Å². The molecular weight excluding hydrogens is 254 g/mol. The number of piperidine rings is 1. The van der Waals surface area contributed by atoms with Gasteiger partial charge in [-0.1, -0.05) is 12.1 Å². The summed E-state index contributed by atoms with van der Waals surface area (Å²) >= 11 is 0. The molecule has 0 bridgehead atoms. The molecule has 1 fully saturated rings. The van der Waals surface area contributed by atoms with E-state index in [1.807, 2.05) is 19.1 Å². The average Bonchev–Trinajstić information content (AvgIpc) is 2.43. The first kappa shape index (κ1) is 15.1. The maximum absolute atomic E-state index is 10.2. The largest absolute Gasteiger partial charge is 0.493 e. The number of nitrogens with zero attached hydrogens (tertiary/aromatic N) is 1. The summed E-state index contributed by atoms with van der Waals surface area (Å²) < 4.78 is 11.1. The number of ether oxygens (including phenoxy) is 2. The number of hydrogen-bond acceptors (Lipinski definition) is 4. The normalized spacial score (nSPS) is 23.6. The van der Waals surface area contributed by atoms with E-state index < -0.39 is 0 Å². The van der Waals surface area contributed by atoms with E-state index >= 15 is 0 Å². The topological polar surface area (TPSA) is 41.9 Å². The Bertz CT molecular complexity index is 436. The van der Waals surface area contributed by atoms with Crippen LogP contribution >= 0.6 is 0 Å². The summed E-state index contributed by atoms with van der Waals surface area (Å²) in [6.45, 7) is 4.47. The number of para-hydroxylation sites is 1. The average molecular weight is 279 g/mol. The van der Waals surface area contributed by atoms with E-state index in [1.165, 1.54) is 0 Å².